The summed E-state index contributed by atoms with van der Waals surface area (Å²) in [4.78, 5) is 18.9. The third kappa shape index (κ3) is 1.91. The monoisotopic (exact) mass is 214 g/mol. The molecule has 0 fully saturated rings. The summed E-state index contributed by atoms with van der Waals surface area (Å²) < 4.78 is 5.04. The summed E-state index contributed by atoms with van der Waals surface area (Å²) in [7, 11) is 1.49. The molecule has 0 amide bonds. The molecule has 0 atom stereocenters. The minimum absolute atomic E-state index is 0.330. The van der Waals surface area contributed by atoms with Gasteiger partial charge in [0.25, 0.3) is 0 Å². The fourth-order valence-corrected chi connectivity index (χ4v) is 1.38. The summed E-state index contributed by atoms with van der Waals surface area (Å²) in [6.07, 6.45) is 4.13. The Morgan fingerprint density at radius 1 is 1.31 bits per heavy atom. The van der Waals surface area contributed by atoms with E-state index in [-0.39, 0.29) is 0 Å². The number of aromatic nitrogens is 2. The molecule has 0 saturated carbocycles. The zero-order valence-corrected chi connectivity index (χ0v) is 8.75. The van der Waals surface area contributed by atoms with Crippen LogP contribution in [0.15, 0.2) is 36.7 Å². The molecule has 16 heavy (non-hydrogen) atoms. The maximum atomic E-state index is 10.7. The van der Waals surface area contributed by atoms with E-state index >= 15 is 0 Å². The van der Waals surface area contributed by atoms with E-state index in [1.54, 1.807) is 24.5 Å². The molecule has 0 aliphatic carbocycles. The molecule has 0 aliphatic rings. The molecule has 0 N–H and O–H groups in total. The van der Waals surface area contributed by atoms with Gasteiger partial charge in [0.1, 0.15) is 0 Å². The maximum Gasteiger partial charge on any atom is 0.224 e. The predicted octanol–water partition coefficient (Wildman–Crippen LogP) is 1.96. The lowest BCUT2D eigenvalue weighted by atomic mass is 10.1. The van der Waals surface area contributed by atoms with E-state index < -0.39 is 0 Å². The third-order valence-corrected chi connectivity index (χ3v) is 2.17. The van der Waals surface area contributed by atoms with Gasteiger partial charge in [-0.25, -0.2) is 4.98 Å². The van der Waals surface area contributed by atoms with Gasteiger partial charge in [0.15, 0.2) is 6.29 Å². The molecule has 80 valence electrons. The van der Waals surface area contributed by atoms with E-state index in [2.05, 4.69) is 9.97 Å². The fourth-order valence-electron chi connectivity index (χ4n) is 1.38. The van der Waals surface area contributed by atoms with E-state index in [0.717, 1.165) is 17.5 Å². The summed E-state index contributed by atoms with van der Waals surface area (Å²) in [5.74, 6) is 0.330. The van der Waals surface area contributed by atoms with Gasteiger partial charge in [-0.05, 0) is 24.3 Å². The maximum absolute atomic E-state index is 10.7. The summed E-state index contributed by atoms with van der Waals surface area (Å²) in [6.45, 7) is 0. The number of carbonyl (C=O) groups is 1. The summed E-state index contributed by atoms with van der Waals surface area (Å²) >= 11 is 0. The molecular weight excluding hydrogens is 204 g/mol. The minimum atomic E-state index is 0.330. The molecule has 4 heteroatoms. The summed E-state index contributed by atoms with van der Waals surface area (Å²) in [6, 6.07) is 7.18. The number of nitrogens with zero attached hydrogens (tertiary/aromatic N) is 2. The lowest BCUT2D eigenvalue weighted by Crippen LogP contribution is -1.95. The highest BCUT2D eigenvalue weighted by Crippen LogP contribution is 2.21. The van der Waals surface area contributed by atoms with Crippen LogP contribution in [-0.4, -0.2) is 23.4 Å². The Morgan fingerprint density at radius 2 is 2.19 bits per heavy atom. The van der Waals surface area contributed by atoms with Crippen LogP contribution in [0, 0.1) is 0 Å². The van der Waals surface area contributed by atoms with Crippen LogP contribution in [-0.2, 0) is 0 Å². The van der Waals surface area contributed by atoms with E-state index in [4.69, 9.17) is 4.74 Å². The smallest absolute Gasteiger partial charge is 0.224 e. The molecule has 0 unspecified atom stereocenters. The lowest BCUT2D eigenvalue weighted by molar-refractivity contribution is 0.112. The van der Waals surface area contributed by atoms with Crippen molar-refractivity contribution in [1.29, 1.82) is 0 Å². The van der Waals surface area contributed by atoms with Crippen LogP contribution in [0.4, 0.5) is 0 Å². The second-order valence-electron chi connectivity index (χ2n) is 3.15. The van der Waals surface area contributed by atoms with E-state index in [0.29, 0.717) is 11.4 Å². The first-order valence-corrected chi connectivity index (χ1v) is 4.76. The first kappa shape index (κ1) is 10.3. The number of ether oxygens (including phenoxy) is 1. The van der Waals surface area contributed by atoms with Crippen molar-refractivity contribution in [2.45, 2.75) is 0 Å². The second kappa shape index (κ2) is 4.53. The van der Waals surface area contributed by atoms with E-state index in [1.165, 1.54) is 7.11 Å². The largest absolute Gasteiger partial charge is 0.480 e. The van der Waals surface area contributed by atoms with Crippen molar-refractivity contribution in [3.63, 3.8) is 0 Å². The van der Waals surface area contributed by atoms with Crippen LogP contribution < -0.4 is 4.74 Å². The Bertz CT molecular complexity index is 498. The van der Waals surface area contributed by atoms with Gasteiger partial charge in [-0.1, -0.05) is 0 Å². The fraction of sp³-hybridized carbons (Fsp3) is 0.0833. The molecular formula is C12H10N2O2. The minimum Gasteiger partial charge on any atom is -0.480 e. The third-order valence-electron chi connectivity index (χ3n) is 2.17. The molecule has 2 rings (SSSR count). The molecule has 0 bridgehead atoms. The van der Waals surface area contributed by atoms with Gasteiger partial charge in [-0.15, -0.1) is 0 Å². The Labute approximate surface area is 92.9 Å². The lowest BCUT2D eigenvalue weighted by Gasteiger charge is -2.05. The Balaban J connectivity index is 2.48. The van der Waals surface area contributed by atoms with Crippen LogP contribution in [0.25, 0.3) is 11.3 Å². The number of hydrogen-bond acceptors (Lipinski definition) is 4. The van der Waals surface area contributed by atoms with Crippen LogP contribution in [0.1, 0.15) is 10.4 Å². The molecule has 0 spiro atoms. The molecule has 0 saturated heterocycles. The first-order valence-electron chi connectivity index (χ1n) is 4.76. The van der Waals surface area contributed by atoms with Crippen molar-refractivity contribution in [1.82, 2.24) is 9.97 Å². The van der Waals surface area contributed by atoms with Gasteiger partial charge in [-0.3, -0.25) is 9.78 Å². The molecule has 2 aromatic rings. The van der Waals surface area contributed by atoms with Crippen LogP contribution in [0.2, 0.25) is 0 Å². The van der Waals surface area contributed by atoms with Crippen LogP contribution in [0.3, 0.4) is 0 Å². The first-order chi connectivity index (χ1) is 7.85. The average molecular weight is 214 g/mol. The van der Waals surface area contributed by atoms with Gasteiger partial charge in [0.05, 0.1) is 18.4 Å². The van der Waals surface area contributed by atoms with Crippen LogP contribution >= 0.6 is 0 Å². The number of carbonyl (C=O) groups excluding carboxylic acids is 1. The SMILES string of the molecule is COc1nc(-c2cccnc2)ccc1C=O. The highest BCUT2D eigenvalue weighted by Gasteiger charge is 2.06. The Hall–Kier alpha value is -2.23. The van der Waals surface area contributed by atoms with Crippen molar-refractivity contribution in [2.75, 3.05) is 7.11 Å². The van der Waals surface area contributed by atoms with Crippen molar-refractivity contribution in [2.24, 2.45) is 0 Å². The normalized spacial score (nSPS) is 9.81. The second-order valence-corrected chi connectivity index (χ2v) is 3.15. The highest BCUT2D eigenvalue weighted by molar-refractivity contribution is 5.79. The summed E-state index contributed by atoms with van der Waals surface area (Å²) in [5.41, 5.74) is 2.06. The van der Waals surface area contributed by atoms with Crippen molar-refractivity contribution < 1.29 is 9.53 Å². The van der Waals surface area contributed by atoms with Gasteiger partial charge >= 0.3 is 0 Å². The topological polar surface area (TPSA) is 52.1 Å². The van der Waals surface area contributed by atoms with Gasteiger partial charge < -0.3 is 4.74 Å². The molecule has 0 aliphatic heterocycles. The zero-order valence-electron chi connectivity index (χ0n) is 8.75. The number of pyridine rings is 2. The number of rotatable bonds is 3. The summed E-state index contributed by atoms with van der Waals surface area (Å²) in [5, 5.41) is 0. The Morgan fingerprint density at radius 3 is 2.81 bits per heavy atom. The van der Waals surface area contributed by atoms with E-state index in [1.807, 2.05) is 12.1 Å². The van der Waals surface area contributed by atoms with Crippen molar-refractivity contribution >= 4 is 6.29 Å². The standard InChI is InChI=1S/C12H10N2O2/c1-16-12-10(8-15)4-5-11(14-12)9-3-2-6-13-7-9/h2-8H,1H3. The quantitative estimate of drug-likeness (QED) is 0.733. The van der Waals surface area contributed by atoms with Crippen molar-refractivity contribution in [3.8, 4) is 17.1 Å². The number of methoxy groups -OCH3 is 1. The van der Waals surface area contributed by atoms with E-state index in [9.17, 15) is 4.79 Å². The number of aldehydes is 1. The molecule has 2 heterocycles. The van der Waals surface area contributed by atoms with Gasteiger partial charge in [0, 0.05) is 18.0 Å². The molecule has 0 aromatic carbocycles. The highest BCUT2D eigenvalue weighted by atomic mass is 16.5. The predicted molar refractivity (Wildman–Crippen MR) is 59.4 cm³/mol. The zero-order chi connectivity index (χ0) is 11.4. The number of hydrogen-bond donors (Lipinski definition) is 0. The van der Waals surface area contributed by atoms with Gasteiger partial charge in [-0.2, -0.15) is 0 Å². The molecule has 4 nitrogen and oxygen atoms in total. The van der Waals surface area contributed by atoms with Crippen LogP contribution in [0.5, 0.6) is 5.88 Å². The average Bonchev–Trinajstić information content (AvgIpc) is 2.39. The molecule has 2 aromatic heterocycles. The Kier molecular flexibility index (Phi) is 2.91. The van der Waals surface area contributed by atoms with Gasteiger partial charge in [0.2, 0.25) is 5.88 Å². The van der Waals surface area contributed by atoms with Crippen molar-refractivity contribution in [3.05, 3.63) is 42.2 Å². The molecule has 0 radical (unpaired) electrons.